The Bertz CT molecular complexity index is 3660. The lowest BCUT2D eigenvalue weighted by Gasteiger charge is -2.25. The first kappa shape index (κ1) is 39.3. The highest BCUT2D eigenvalue weighted by Gasteiger charge is 2.37. The summed E-state index contributed by atoms with van der Waals surface area (Å²) in [7, 11) is 0. The van der Waals surface area contributed by atoms with Crippen LogP contribution in [0.4, 0.5) is 17.1 Å². The average molecular weight is 887 g/mol. The van der Waals surface area contributed by atoms with Crippen LogP contribution in [-0.4, -0.2) is 14.5 Å². The van der Waals surface area contributed by atoms with Crippen molar-refractivity contribution in [1.29, 1.82) is 0 Å². The third kappa shape index (κ3) is 7.62. The van der Waals surface area contributed by atoms with Crippen molar-refractivity contribution in [3.63, 3.8) is 0 Å². The second-order valence-corrected chi connectivity index (χ2v) is 18.1. The van der Waals surface area contributed by atoms with Gasteiger partial charge in [0.25, 0.3) is 0 Å². The summed E-state index contributed by atoms with van der Waals surface area (Å²) in [6.07, 6.45) is 0. The normalized spacial score (nSPS) is 13.2. The van der Waals surface area contributed by atoms with Crippen LogP contribution in [0.2, 0.25) is 0 Å². The van der Waals surface area contributed by atoms with Crippen LogP contribution in [0.15, 0.2) is 243 Å². The fraction of sp³-hybridized carbons (Fsp3) is 0.0462. The first-order chi connectivity index (χ1) is 34.8. The smallest absolute Gasteiger partial charge is 0.235 e. The summed E-state index contributed by atoms with van der Waals surface area (Å²) in [4.78, 5) is 13.1. The van der Waals surface area contributed by atoms with Crippen LogP contribution < -0.4 is 4.90 Å². The Morgan fingerprint density at radius 2 is 0.884 bits per heavy atom. The SMILES string of the molecule is [2H]/C(=C(/[2H])c1ccc2c(c1)C(C)(C)c1cc3c(cc1-2)c(-c1ccccc1)c(-c1ccccc1)n3-c1nc(-c2ccccc2)cc(-c2ccccc2)n1)c1ccc(N(c2ccccc2)c2ccccc2)cc1. The Kier molecular flexibility index (Phi) is 9.92. The Hall–Kier alpha value is -8.86. The molecule has 69 heavy (non-hydrogen) atoms. The predicted molar refractivity (Wildman–Crippen MR) is 288 cm³/mol. The molecule has 1 aliphatic carbocycles. The van der Waals surface area contributed by atoms with Crippen LogP contribution >= 0.6 is 0 Å². The van der Waals surface area contributed by atoms with Gasteiger partial charge in [-0.2, -0.15) is 0 Å². The minimum atomic E-state index is -0.450. The number of hydrogen-bond donors (Lipinski definition) is 0. The summed E-state index contributed by atoms with van der Waals surface area (Å²) < 4.78 is 21.1. The zero-order chi connectivity index (χ0) is 48.1. The molecule has 0 saturated carbocycles. The van der Waals surface area contributed by atoms with E-state index in [0.717, 1.165) is 89.6 Å². The van der Waals surface area contributed by atoms with Crippen LogP contribution in [0.3, 0.4) is 0 Å². The fourth-order valence-electron chi connectivity index (χ4n) is 10.1. The van der Waals surface area contributed by atoms with Crippen LogP contribution in [0.1, 0.15) is 38.8 Å². The Morgan fingerprint density at radius 1 is 0.435 bits per heavy atom. The fourth-order valence-corrected chi connectivity index (χ4v) is 10.1. The number of nitrogens with zero attached hydrogens (tertiary/aromatic N) is 4. The van der Waals surface area contributed by atoms with Gasteiger partial charge < -0.3 is 4.90 Å². The summed E-state index contributed by atoms with van der Waals surface area (Å²) in [5.41, 5.74) is 17.5. The number of anilines is 3. The third-order valence-corrected chi connectivity index (χ3v) is 13.4. The van der Waals surface area contributed by atoms with Gasteiger partial charge in [0.1, 0.15) is 0 Å². The molecule has 2 aromatic heterocycles. The van der Waals surface area contributed by atoms with Gasteiger partial charge in [0.15, 0.2) is 0 Å². The lowest BCUT2D eigenvalue weighted by Crippen LogP contribution is -2.15. The molecule has 9 aromatic carbocycles. The molecule has 0 N–H and O–H groups in total. The largest absolute Gasteiger partial charge is 0.311 e. The first-order valence-corrected chi connectivity index (χ1v) is 23.5. The Balaban J connectivity index is 1.01. The molecule has 0 atom stereocenters. The average Bonchev–Trinajstić information content (AvgIpc) is 3.89. The van der Waals surface area contributed by atoms with E-state index in [0.29, 0.717) is 17.1 Å². The topological polar surface area (TPSA) is 34.0 Å². The lowest BCUT2D eigenvalue weighted by atomic mass is 9.81. The van der Waals surface area contributed by atoms with Gasteiger partial charge in [-0.25, -0.2) is 9.97 Å². The van der Waals surface area contributed by atoms with E-state index >= 15 is 0 Å². The predicted octanol–water partition coefficient (Wildman–Crippen LogP) is 17.0. The summed E-state index contributed by atoms with van der Waals surface area (Å²) >= 11 is 0. The molecule has 0 unspecified atom stereocenters. The van der Waals surface area contributed by atoms with Gasteiger partial charge in [-0.05, 0) is 99.1 Å². The minimum absolute atomic E-state index is 0.170. The summed E-state index contributed by atoms with van der Waals surface area (Å²) in [5, 5.41) is 1.09. The number of fused-ring (bicyclic) bond motifs is 4. The number of aromatic nitrogens is 3. The van der Waals surface area contributed by atoms with E-state index in [1.165, 1.54) is 5.56 Å². The summed E-state index contributed by atoms with van der Waals surface area (Å²) in [5.74, 6) is 0.583. The molecular weight excluding hydrogens is 837 g/mol. The van der Waals surface area contributed by atoms with E-state index in [1.54, 1.807) is 0 Å². The van der Waals surface area contributed by atoms with Crippen molar-refractivity contribution in [3.05, 3.63) is 265 Å². The Morgan fingerprint density at radius 3 is 1.43 bits per heavy atom. The van der Waals surface area contributed by atoms with E-state index in [-0.39, 0.29) is 12.1 Å². The van der Waals surface area contributed by atoms with Gasteiger partial charge >= 0.3 is 0 Å². The molecule has 12 rings (SSSR count). The molecule has 4 heteroatoms. The van der Waals surface area contributed by atoms with Crippen molar-refractivity contribution >= 4 is 40.1 Å². The zero-order valence-corrected chi connectivity index (χ0v) is 38.4. The number of rotatable bonds is 10. The lowest BCUT2D eigenvalue weighted by molar-refractivity contribution is 0.660. The third-order valence-electron chi connectivity index (χ3n) is 13.4. The van der Waals surface area contributed by atoms with Gasteiger partial charge in [-0.15, -0.1) is 0 Å². The standard InChI is InChI=1S/C65H48N4/c1-65(2)57-41-46(34-33-45-35-38-53(39-36-45)68(51-29-17-7-18-30-51)52-31-19-8-20-32-52)37-40-54(57)55-42-56-61(43-58(55)65)69(63(50-27-15-6-16-28-50)62(56)49-25-13-5-14-26-49)64-66-59(47-21-9-3-10-22-47)44-60(67-64)48-23-11-4-12-24-48/h3-44H,1-2H3/b34-33+/i33D,34D. The van der Waals surface area contributed by atoms with Crippen molar-refractivity contribution in [2.75, 3.05) is 4.90 Å². The molecule has 328 valence electrons. The van der Waals surface area contributed by atoms with Crippen molar-refractivity contribution in [2.24, 2.45) is 0 Å². The molecule has 11 aromatic rings. The van der Waals surface area contributed by atoms with Crippen molar-refractivity contribution in [3.8, 4) is 62.0 Å². The summed E-state index contributed by atoms with van der Waals surface area (Å²) in [6.45, 7) is 4.55. The van der Waals surface area contributed by atoms with E-state index in [4.69, 9.17) is 9.97 Å². The summed E-state index contributed by atoms with van der Waals surface area (Å²) in [6, 6.07) is 84.0. The van der Waals surface area contributed by atoms with Crippen LogP contribution in [0.25, 0.3) is 85.0 Å². The number of hydrogen-bond acceptors (Lipinski definition) is 3. The van der Waals surface area contributed by atoms with Gasteiger partial charge in [-0.3, -0.25) is 4.57 Å². The van der Waals surface area contributed by atoms with Crippen molar-refractivity contribution < 1.29 is 2.74 Å². The van der Waals surface area contributed by atoms with E-state index in [2.05, 4.69) is 187 Å². The van der Waals surface area contributed by atoms with Gasteiger partial charge in [0.2, 0.25) is 5.95 Å². The molecule has 1 aliphatic rings. The van der Waals surface area contributed by atoms with Gasteiger partial charge in [-0.1, -0.05) is 214 Å². The molecule has 0 fully saturated rings. The highest BCUT2D eigenvalue weighted by atomic mass is 15.2. The first-order valence-electron chi connectivity index (χ1n) is 24.5. The molecule has 4 nitrogen and oxygen atoms in total. The van der Waals surface area contributed by atoms with Crippen LogP contribution in [-0.2, 0) is 5.41 Å². The molecule has 0 amide bonds. The second kappa shape index (κ2) is 17.4. The van der Waals surface area contributed by atoms with Crippen LogP contribution in [0.5, 0.6) is 0 Å². The maximum atomic E-state index is 9.49. The minimum Gasteiger partial charge on any atom is -0.311 e. The van der Waals surface area contributed by atoms with E-state index < -0.39 is 5.41 Å². The maximum absolute atomic E-state index is 9.49. The zero-order valence-electron chi connectivity index (χ0n) is 40.4. The molecular formula is C65H48N4. The van der Waals surface area contributed by atoms with Crippen molar-refractivity contribution in [1.82, 2.24) is 14.5 Å². The molecule has 0 radical (unpaired) electrons. The van der Waals surface area contributed by atoms with Crippen LogP contribution in [0, 0.1) is 0 Å². The molecule has 0 spiro atoms. The molecule has 0 aliphatic heterocycles. The van der Waals surface area contributed by atoms with Gasteiger partial charge in [0, 0.05) is 44.6 Å². The molecule has 0 saturated heterocycles. The number of para-hydroxylation sites is 2. The van der Waals surface area contributed by atoms with E-state index in [9.17, 15) is 2.74 Å². The monoisotopic (exact) mass is 886 g/mol. The maximum Gasteiger partial charge on any atom is 0.235 e. The highest BCUT2D eigenvalue weighted by molar-refractivity contribution is 6.08. The van der Waals surface area contributed by atoms with Crippen molar-refractivity contribution in [2.45, 2.75) is 19.3 Å². The molecule has 2 heterocycles. The van der Waals surface area contributed by atoms with Gasteiger partial charge in [0.05, 0.1) is 25.3 Å². The quantitative estimate of drug-likeness (QED) is 0.128. The second-order valence-electron chi connectivity index (χ2n) is 18.1. The molecule has 0 bridgehead atoms. The number of benzene rings is 9. The van der Waals surface area contributed by atoms with E-state index in [1.807, 2.05) is 78.9 Å². The highest BCUT2D eigenvalue weighted by Crippen LogP contribution is 2.53. The Labute approximate surface area is 406 Å².